The van der Waals surface area contributed by atoms with Crippen molar-refractivity contribution < 1.29 is 9.53 Å². The molecular formula is C34H45N5O3. The molecule has 8 heteroatoms. The lowest BCUT2D eigenvalue weighted by Gasteiger charge is -2.33. The number of hydrogen-bond acceptors (Lipinski definition) is 7. The van der Waals surface area contributed by atoms with Crippen molar-refractivity contribution in [2.45, 2.75) is 65.3 Å². The molecular weight excluding hydrogens is 526 g/mol. The minimum Gasteiger partial charge on any atom is -0.382 e. The van der Waals surface area contributed by atoms with Crippen molar-refractivity contribution in [3.05, 3.63) is 74.8 Å². The summed E-state index contributed by atoms with van der Waals surface area (Å²) < 4.78 is 5.57. The highest BCUT2D eigenvalue weighted by Crippen LogP contribution is 2.32. The molecule has 2 fully saturated rings. The Bertz CT molecular complexity index is 1430. The summed E-state index contributed by atoms with van der Waals surface area (Å²) >= 11 is 0. The molecule has 224 valence electrons. The maximum Gasteiger partial charge on any atom is 0.251 e. The quantitative estimate of drug-likeness (QED) is 0.325. The number of benzene rings is 1. The van der Waals surface area contributed by atoms with Gasteiger partial charge in [-0.2, -0.15) is 0 Å². The molecule has 0 amide bonds. The minimum atomic E-state index is -0.0786. The first kappa shape index (κ1) is 30.0. The van der Waals surface area contributed by atoms with E-state index in [9.17, 15) is 9.59 Å². The highest BCUT2D eigenvalue weighted by molar-refractivity contribution is 6.00. The molecule has 3 aromatic rings. The second-order valence-corrected chi connectivity index (χ2v) is 11.9. The van der Waals surface area contributed by atoms with E-state index in [1.54, 1.807) is 0 Å². The molecule has 1 aromatic carbocycles. The molecule has 2 saturated heterocycles. The molecule has 0 spiro atoms. The SMILES string of the molecule is CCCc1cc(C)[nH]c(=O)c1CCC(=O)c1cc(-c2ccc(N3CCN(C)CC3)nc2)cc(NC2CCOCC2)c1C. The molecule has 2 aliphatic heterocycles. The zero-order valence-corrected chi connectivity index (χ0v) is 25.6. The Morgan fingerprint density at radius 2 is 1.81 bits per heavy atom. The summed E-state index contributed by atoms with van der Waals surface area (Å²) in [5, 5.41) is 3.72. The summed E-state index contributed by atoms with van der Waals surface area (Å²) in [5.41, 5.74) is 7.14. The van der Waals surface area contributed by atoms with E-state index in [-0.39, 0.29) is 17.8 Å². The summed E-state index contributed by atoms with van der Waals surface area (Å²) in [5.74, 6) is 1.04. The third-order valence-corrected chi connectivity index (χ3v) is 8.68. The number of nitrogens with zero attached hydrogens (tertiary/aromatic N) is 3. The highest BCUT2D eigenvalue weighted by Gasteiger charge is 2.21. The van der Waals surface area contributed by atoms with Crippen LogP contribution in [0.5, 0.6) is 0 Å². The normalized spacial score (nSPS) is 16.5. The number of H-pyrrole nitrogens is 1. The van der Waals surface area contributed by atoms with Crippen LogP contribution in [-0.2, 0) is 17.6 Å². The molecule has 8 nitrogen and oxygen atoms in total. The van der Waals surface area contributed by atoms with Crippen LogP contribution in [0.2, 0.25) is 0 Å². The summed E-state index contributed by atoms with van der Waals surface area (Å²) in [4.78, 5) is 39.0. The van der Waals surface area contributed by atoms with Gasteiger partial charge in [0.05, 0.1) is 0 Å². The van der Waals surface area contributed by atoms with Crippen molar-refractivity contribution in [2.24, 2.45) is 0 Å². The number of hydrogen-bond donors (Lipinski definition) is 2. The molecule has 0 radical (unpaired) electrons. The Morgan fingerprint density at radius 3 is 2.50 bits per heavy atom. The zero-order chi connectivity index (χ0) is 29.6. The van der Waals surface area contributed by atoms with Crippen LogP contribution in [0.4, 0.5) is 11.5 Å². The van der Waals surface area contributed by atoms with Crippen LogP contribution in [0.1, 0.15) is 65.3 Å². The van der Waals surface area contributed by atoms with Gasteiger partial charge in [0.25, 0.3) is 5.56 Å². The van der Waals surface area contributed by atoms with Gasteiger partial charge in [-0.25, -0.2) is 4.98 Å². The van der Waals surface area contributed by atoms with E-state index in [2.05, 4.69) is 52.3 Å². The van der Waals surface area contributed by atoms with Crippen LogP contribution in [0, 0.1) is 13.8 Å². The summed E-state index contributed by atoms with van der Waals surface area (Å²) in [6.07, 6.45) is 6.29. The second-order valence-electron chi connectivity index (χ2n) is 11.9. The number of likely N-dealkylation sites (N-methyl/N-ethyl adjacent to an activating group) is 1. The van der Waals surface area contributed by atoms with Crippen molar-refractivity contribution in [3.8, 4) is 11.1 Å². The van der Waals surface area contributed by atoms with E-state index in [1.165, 1.54) is 0 Å². The van der Waals surface area contributed by atoms with Gasteiger partial charge in [-0.3, -0.25) is 9.59 Å². The fourth-order valence-corrected chi connectivity index (χ4v) is 6.09. The molecule has 0 bridgehead atoms. The van der Waals surface area contributed by atoms with Crippen LogP contribution >= 0.6 is 0 Å². The monoisotopic (exact) mass is 571 g/mol. The van der Waals surface area contributed by atoms with Gasteiger partial charge in [-0.05, 0) is 93.6 Å². The van der Waals surface area contributed by atoms with Gasteiger partial charge in [0.1, 0.15) is 5.82 Å². The fourth-order valence-electron chi connectivity index (χ4n) is 6.09. The van der Waals surface area contributed by atoms with Gasteiger partial charge in [-0.1, -0.05) is 13.3 Å². The molecule has 2 aromatic heterocycles. The van der Waals surface area contributed by atoms with Gasteiger partial charge in [-0.15, -0.1) is 0 Å². The summed E-state index contributed by atoms with van der Waals surface area (Å²) in [6.45, 7) is 11.5. The predicted octanol–water partition coefficient (Wildman–Crippen LogP) is 5.16. The van der Waals surface area contributed by atoms with Gasteiger partial charge >= 0.3 is 0 Å². The number of pyridine rings is 2. The van der Waals surface area contributed by atoms with E-state index in [1.807, 2.05) is 32.2 Å². The van der Waals surface area contributed by atoms with Crippen LogP contribution in [0.15, 0.2) is 41.3 Å². The summed E-state index contributed by atoms with van der Waals surface area (Å²) in [7, 11) is 2.15. The molecule has 42 heavy (non-hydrogen) atoms. The van der Waals surface area contributed by atoms with Crippen molar-refractivity contribution in [1.82, 2.24) is 14.9 Å². The van der Waals surface area contributed by atoms with E-state index < -0.39 is 0 Å². The van der Waals surface area contributed by atoms with E-state index >= 15 is 0 Å². The van der Waals surface area contributed by atoms with Crippen molar-refractivity contribution in [2.75, 3.05) is 56.7 Å². The number of carbonyl (C=O) groups is 1. The number of piperazine rings is 1. The maximum atomic E-state index is 13.8. The molecule has 4 heterocycles. The largest absolute Gasteiger partial charge is 0.382 e. The van der Waals surface area contributed by atoms with Gasteiger partial charge in [0, 0.05) is 86.1 Å². The third-order valence-electron chi connectivity index (χ3n) is 8.68. The number of ketones is 1. The lowest BCUT2D eigenvalue weighted by Crippen LogP contribution is -2.44. The molecule has 0 aliphatic carbocycles. The number of rotatable bonds is 10. The van der Waals surface area contributed by atoms with E-state index in [0.29, 0.717) is 18.0 Å². The molecule has 2 N–H and O–H groups in total. The number of aryl methyl sites for hydroxylation is 2. The highest BCUT2D eigenvalue weighted by atomic mass is 16.5. The number of carbonyl (C=O) groups excluding carboxylic acids is 1. The Kier molecular flexibility index (Phi) is 9.75. The second kappa shape index (κ2) is 13.7. The first-order chi connectivity index (χ1) is 20.3. The molecule has 0 unspecified atom stereocenters. The lowest BCUT2D eigenvalue weighted by atomic mass is 9.92. The number of aromatic nitrogens is 2. The van der Waals surface area contributed by atoms with E-state index in [0.717, 1.165) is 110 Å². The van der Waals surface area contributed by atoms with Crippen molar-refractivity contribution in [3.63, 3.8) is 0 Å². The minimum absolute atomic E-state index is 0.0498. The first-order valence-corrected chi connectivity index (χ1v) is 15.5. The molecule has 2 aliphatic rings. The van der Waals surface area contributed by atoms with Crippen molar-refractivity contribution >= 4 is 17.3 Å². The number of nitrogens with one attached hydrogen (secondary N) is 2. The third kappa shape index (κ3) is 7.10. The van der Waals surface area contributed by atoms with Crippen LogP contribution in [0.3, 0.4) is 0 Å². The Balaban J connectivity index is 1.43. The average molecular weight is 572 g/mol. The van der Waals surface area contributed by atoms with E-state index in [4.69, 9.17) is 9.72 Å². The van der Waals surface area contributed by atoms with Crippen LogP contribution in [0.25, 0.3) is 11.1 Å². The van der Waals surface area contributed by atoms with Crippen LogP contribution in [-0.4, -0.2) is 73.1 Å². The number of aromatic amines is 1. The van der Waals surface area contributed by atoms with Crippen molar-refractivity contribution in [1.29, 1.82) is 0 Å². The van der Waals surface area contributed by atoms with Gasteiger partial charge in [0.2, 0.25) is 0 Å². The lowest BCUT2D eigenvalue weighted by molar-refractivity contribution is 0.0904. The topological polar surface area (TPSA) is 90.6 Å². The summed E-state index contributed by atoms with van der Waals surface area (Å²) in [6, 6.07) is 10.7. The maximum absolute atomic E-state index is 13.8. The van der Waals surface area contributed by atoms with Gasteiger partial charge < -0.3 is 24.8 Å². The standard InChI is InChI=1S/C34H45N5O3/c1-5-6-25-19-23(2)36-34(41)29(25)8-9-32(40)30-20-27(21-31(24(30)3)37-28-11-17-42-18-12-28)26-7-10-33(35-22-26)39-15-13-38(4)14-16-39/h7,10,19-22,28,37H,5-6,8-9,11-18H2,1-4H3,(H,36,41). The number of anilines is 2. The molecule has 0 saturated carbocycles. The predicted molar refractivity (Wildman–Crippen MR) is 170 cm³/mol. The smallest absolute Gasteiger partial charge is 0.251 e. The number of Topliss-reactive ketones (excluding diaryl/α,β-unsaturated/α-hetero) is 1. The fraction of sp³-hybridized carbons (Fsp3) is 0.500. The Labute approximate surface area is 249 Å². The van der Waals surface area contributed by atoms with Gasteiger partial charge in [0.15, 0.2) is 5.78 Å². The molecule has 5 rings (SSSR count). The average Bonchev–Trinajstić information content (AvgIpc) is 2.99. The van der Waals surface area contributed by atoms with Crippen LogP contribution < -0.4 is 15.8 Å². The Morgan fingerprint density at radius 1 is 1.05 bits per heavy atom. The molecule has 0 atom stereocenters. The number of ether oxygens (including phenoxy) is 1. The Hall–Kier alpha value is -3.49. The zero-order valence-electron chi connectivity index (χ0n) is 25.6. The first-order valence-electron chi connectivity index (χ1n) is 15.5.